The zero-order valence-corrected chi connectivity index (χ0v) is 21.4. The van der Waals surface area contributed by atoms with Gasteiger partial charge in [0.2, 0.25) is 6.79 Å². The lowest BCUT2D eigenvalue weighted by molar-refractivity contribution is 0.0945. The van der Waals surface area contributed by atoms with Gasteiger partial charge in [-0.25, -0.2) is 9.97 Å². The van der Waals surface area contributed by atoms with Crippen molar-refractivity contribution in [2.24, 2.45) is 0 Å². The minimum Gasteiger partial charge on any atom is -0.495 e. The second kappa shape index (κ2) is 11.9. The molecule has 0 spiro atoms. The van der Waals surface area contributed by atoms with Crippen molar-refractivity contribution in [1.82, 2.24) is 30.2 Å². The molecule has 200 valence electrons. The number of methoxy groups -OCH3 is 2. The lowest BCUT2D eigenvalue weighted by Gasteiger charge is -2.09. The maximum atomic E-state index is 12.5. The number of hydrogen-bond donors (Lipinski definition) is 2. The highest BCUT2D eigenvalue weighted by atomic mass is 16.7. The summed E-state index contributed by atoms with van der Waals surface area (Å²) in [6.45, 7) is 3.08. The number of carbonyl (C=O) groups is 1. The molecule has 4 heterocycles. The summed E-state index contributed by atoms with van der Waals surface area (Å²) in [6.07, 6.45) is 4.28. The molecule has 5 rings (SSSR count). The van der Waals surface area contributed by atoms with E-state index >= 15 is 0 Å². The number of benzene rings is 1. The number of pyridine rings is 1. The minimum atomic E-state index is -0.336. The summed E-state index contributed by atoms with van der Waals surface area (Å²) in [5.41, 5.74) is 2.72. The van der Waals surface area contributed by atoms with Crippen LogP contribution in [0.4, 0.5) is 0 Å². The first-order valence-electron chi connectivity index (χ1n) is 12.3. The van der Waals surface area contributed by atoms with Crippen molar-refractivity contribution in [2.75, 3.05) is 40.7 Å². The third kappa shape index (κ3) is 5.71. The maximum Gasteiger partial charge on any atom is 0.273 e. The molecule has 4 aromatic rings. The lowest BCUT2D eigenvalue weighted by atomic mass is 10.2. The Balaban J connectivity index is 1.11. The first-order chi connectivity index (χ1) is 18.7. The van der Waals surface area contributed by atoms with Crippen LogP contribution in [0.3, 0.4) is 0 Å². The highest BCUT2D eigenvalue weighted by molar-refractivity contribution is 5.91. The van der Waals surface area contributed by atoms with Crippen LogP contribution in [0.5, 0.6) is 17.2 Å². The van der Waals surface area contributed by atoms with Crippen LogP contribution >= 0.6 is 0 Å². The lowest BCUT2D eigenvalue weighted by Crippen LogP contribution is -2.24. The summed E-state index contributed by atoms with van der Waals surface area (Å²) in [5, 5.41) is 6.19. The van der Waals surface area contributed by atoms with Crippen LogP contribution in [0.25, 0.3) is 11.0 Å². The minimum absolute atomic E-state index is 0.224. The van der Waals surface area contributed by atoms with Gasteiger partial charge in [0.25, 0.3) is 5.91 Å². The Kier molecular flexibility index (Phi) is 8.00. The Morgan fingerprint density at radius 2 is 1.97 bits per heavy atom. The van der Waals surface area contributed by atoms with Crippen molar-refractivity contribution in [2.45, 2.75) is 25.9 Å². The van der Waals surface area contributed by atoms with Gasteiger partial charge >= 0.3 is 0 Å². The van der Waals surface area contributed by atoms with E-state index in [1.165, 1.54) is 6.26 Å². The van der Waals surface area contributed by atoms with Gasteiger partial charge in [0.15, 0.2) is 23.1 Å². The molecule has 0 bridgehead atoms. The molecule has 12 heteroatoms. The maximum absolute atomic E-state index is 12.5. The number of amides is 1. The normalized spacial score (nSPS) is 12.3. The summed E-state index contributed by atoms with van der Waals surface area (Å²) in [4.78, 5) is 25.8. The van der Waals surface area contributed by atoms with Gasteiger partial charge in [-0.2, -0.15) is 0 Å². The topological polar surface area (TPSA) is 135 Å². The second-order valence-corrected chi connectivity index (χ2v) is 8.58. The number of nitrogens with zero attached hydrogens (tertiary/aromatic N) is 4. The number of imidazole rings is 1. The van der Waals surface area contributed by atoms with E-state index in [1.54, 1.807) is 32.5 Å². The Labute approximate surface area is 219 Å². The monoisotopic (exact) mass is 522 g/mol. The molecular formula is C26H30N6O6. The van der Waals surface area contributed by atoms with Crippen LogP contribution < -0.4 is 24.8 Å². The predicted molar refractivity (Wildman–Crippen MR) is 136 cm³/mol. The van der Waals surface area contributed by atoms with Gasteiger partial charge in [0, 0.05) is 57.9 Å². The van der Waals surface area contributed by atoms with Crippen molar-refractivity contribution in [3.05, 3.63) is 59.8 Å². The van der Waals surface area contributed by atoms with Crippen LogP contribution in [0.15, 0.2) is 41.1 Å². The van der Waals surface area contributed by atoms with Gasteiger partial charge in [0.1, 0.15) is 23.5 Å². The van der Waals surface area contributed by atoms with Gasteiger partial charge < -0.3 is 38.6 Å². The number of ether oxygens (including phenoxy) is 4. The van der Waals surface area contributed by atoms with Crippen LogP contribution in [-0.2, 0) is 30.7 Å². The van der Waals surface area contributed by atoms with Crippen LogP contribution in [0.2, 0.25) is 0 Å². The van der Waals surface area contributed by atoms with Crippen LogP contribution in [0.1, 0.15) is 27.9 Å². The van der Waals surface area contributed by atoms with Gasteiger partial charge in [-0.05, 0) is 12.1 Å². The van der Waals surface area contributed by atoms with E-state index < -0.39 is 0 Å². The van der Waals surface area contributed by atoms with E-state index in [2.05, 4.69) is 25.2 Å². The molecular weight excluding hydrogens is 492 g/mol. The molecule has 0 aliphatic carbocycles. The standard InChI is InChI=1S/C26H30N6O6/c1-34-11-10-32-20-13-23-22(37-16-38-23)12-17(20)30-24(32)5-8-27-9-6-25-31-19(15-36-25)26(33)29-14-18-21(35-2)4-3-7-28-18/h3-4,7,12-13,15,27H,5-6,8-11,14,16H2,1-2H3,(H,29,33). The third-order valence-corrected chi connectivity index (χ3v) is 6.15. The van der Waals surface area contributed by atoms with Crippen molar-refractivity contribution in [3.63, 3.8) is 0 Å². The van der Waals surface area contributed by atoms with E-state index in [4.69, 9.17) is 28.3 Å². The molecule has 0 saturated carbocycles. The summed E-state index contributed by atoms with van der Waals surface area (Å²) in [6, 6.07) is 7.46. The van der Waals surface area contributed by atoms with E-state index in [1.807, 2.05) is 12.1 Å². The zero-order chi connectivity index (χ0) is 26.3. The van der Waals surface area contributed by atoms with Crippen molar-refractivity contribution >= 4 is 16.9 Å². The Hall–Kier alpha value is -4.16. The fraction of sp³-hybridized carbons (Fsp3) is 0.385. The molecule has 2 N–H and O–H groups in total. The number of oxazole rings is 1. The van der Waals surface area contributed by atoms with Crippen LogP contribution in [-0.4, -0.2) is 66.1 Å². The van der Waals surface area contributed by atoms with Gasteiger partial charge in [-0.15, -0.1) is 0 Å². The van der Waals surface area contributed by atoms with Gasteiger partial charge in [0.05, 0.1) is 31.3 Å². The number of rotatable bonds is 13. The largest absolute Gasteiger partial charge is 0.495 e. The molecule has 1 aliphatic heterocycles. The quantitative estimate of drug-likeness (QED) is 0.251. The first kappa shape index (κ1) is 25.5. The summed E-state index contributed by atoms with van der Waals surface area (Å²) < 4.78 is 29.2. The Morgan fingerprint density at radius 1 is 1.13 bits per heavy atom. The number of hydrogen-bond acceptors (Lipinski definition) is 10. The molecule has 38 heavy (non-hydrogen) atoms. The van der Waals surface area contributed by atoms with Crippen molar-refractivity contribution in [1.29, 1.82) is 0 Å². The summed E-state index contributed by atoms with van der Waals surface area (Å²) in [5.74, 6) is 3.16. The molecule has 1 amide bonds. The molecule has 12 nitrogen and oxygen atoms in total. The van der Waals surface area contributed by atoms with E-state index in [9.17, 15) is 4.79 Å². The number of nitrogens with one attached hydrogen (secondary N) is 2. The number of carbonyl (C=O) groups excluding carboxylic acids is 1. The van der Waals surface area contributed by atoms with Gasteiger partial charge in [-0.3, -0.25) is 9.78 Å². The molecule has 1 aliphatic rings. The zero-order valence-electron chi connectivity index (χ0n) is 21.4. The van der Waals surface area contributed by atoms with E-state index in [0.717, 1.165) is 29.0 Å². The first-order valence-corrected chi connectivity index (χ1v) is 12.3. The third-order valence-electron chi connectivity index (χ3n) is 6.15. The molecule has 0 radical (unpaired) electrons. The number of fused-ring (bicyclic) bond motifs is 2. The smallest absolute Gasteiger partial charge is 0.273 e. The van der Waals surface area contributed by atoms with E-state index in [0.29, 0.717) is 55.7 Å². The predicted octanol–water partition coefficient (Wildman–Crippen LogP) is 2.11. The average molecular weight is 523 g/mol. The highest BCUT2D eigenvalue weighted by Crippen LogP contribution is 2.36. The Bertz CT molecular complexity index is 1400. The second-order valence-electron chi connectivity index (χ2n) is 8.58. The Morgan fingerprint density at radius 3 is 2.82 bits per heavy atom. The molecule has 0 unspecified atom stereocenters. The van der Waals surface area contributed by atoms with Crippen molar-refractivity contribution in [3.8, 4) is 17.2 Å². The average Bonchev–Trinajstić information content (AvgIpc) is 3.68. The molecule has 0 saturated heterocycles. The van der Waals surface area contributed by atoms with E-state index in [-0.39, 0.29) is 24.9 Å². The SMILES string of the molecule is COCCn1c(CCNCCc2nc(C(=O)NCc3ncccc3OC)co2)nc2cc3c(cc21)OCO3. The summed E-state index contributed by atoms with van der Waals surface area (Å²) >= 11 is 0. The molecule has 1 aromatic carbocycles. The fourth-order valence-electron chi connectivity index (χ4n) is 4.23. The molecule has 0 atom stereocenters. The molecule has 0 fully saturated rings. The molecule has 3 aromatic heterocycles. The number of aromatic nitrogens is 4. The highest BCUT2D eigenvalue weighted by Gasteiger charge is 2.19. The van der Waals surface area contributed by atoms with Crippen molar-refractivity contribution < 1.29 is 28.2 Å². The van der Waals surface area contributed by atoms with Gasteiger partial charge in [-0.1, -0.05) is 0 Å². The fourth-order valence-corrected chi connectivity index (χ4v) is 4.23. The van der Waals surface area contributed by atoms with Crippen LogP contribution in [0, 0.1) is 0 Å². The summed E-state index contributed by atoms with van der Waals surface area (Å²) in [7, 11) is 3.25.